The highest BCUT2D eigenvalue weighted by Gasteiger charge is 2.38. The molecule has 0 aliphatic carbocycles. The molecule has 0 spiro atoms. The van der Waals surface area contributed by atoms with Crippen molar-refractivity contribution in [2.75, 3.05) is 6.61 Å². The fourth-order valence-corrected chi connectivity index (χ4v) is 5.54. The zero-order chi connectivity index (χ0) is 22.6. The van der Waals surface area contributed by atoms with Gasteiger partial charge in [0.2, 0.25) is 10.0 Å². The first-order valence-electron chi connectivity index (χ1n) is 10.7. The van der Waals surface area contributed by atoms with E-state index in [4.69, 9.17) is 4.74 Å². The lowest BCUT2D eigenvalue weighted by Gasteiger charge is -2.25. The van der Waals surface area contributed by atoms with Crippen molar-refractivity contribution >= 4 is 16.3 Å². The van der Waals surface area contributed by atoms with E-state index in [1.165, 1.54) is 0 Å². The van der Waals surface area contributed by atoms with E-state index in [1.54, 1.807) is 24.3 Å². The molecule has 1 fully saturated rings. The highest BCUT2D eigenvalue weighted by molar-refractivity contribution is 7.89. The van der Waals surface area contributed by atoms with Gasteiger partial charge < -0.3 is 9.53 Å². The Hall–Kier alpha value is -2.80. The molecule has 1 heterocycles. The van der Waals surface area contributed by atoms with Crippen LogP contribution in [-0.2, 0) is 19.6 Å². The Morgan fingerprint density at radius 1 is 0.906 bits per heavy atom. The first-order chi connectivity index (χ1) is 15.5. The molecular weight excluding hydrogens is 422 g/mol. The summed E-state index contributed by atoms with van der Waals surface area (Å²) in [4.78, 5) is 12.0. The number of hydrogen-bond acceptors (Lipinski definition) is 4. The number of carbonyl (C=O) groups is 1. The number of nitrogens with one attached hydrogen (secondary N) is 1. The van der Waals surface area contributed by atoms with E-state index < -0.39 is 16.1 Å². The van der Waals surface area contributed by atoms with Crippen LogP contribution < -0.4 is 4.72 Å². The third-order valence-electron chi connectivity index (χ3n) is 6.03. The van der Waals surface area contributed by atoms with E-state index in [9.17, 15) is 13.2 Å². The van der Waals surface area contributed by atoms with E-state index in [0.29, 0.717) is 19.3 Å². The van der Waals surface area contributed by atoms with Crippen molar-refractivity contribution < 1.29 is 17.9 Å². The zero-order valence-corrected chi connectivity index (χ0v) is 18.7. The van der Waals surface area contributed by atoms with Crippen LogP contribution in [-0.4, -0.2) is 33.5 Å². The summed E-state index contributed by atoms with van der Waals surface area (Å²) in [5.74, 6) is -0.240. The van der Waals surface area contributed by atoms with Crippen molar-refractivity contribution in [2.24, 2.45) is 5.92 Å². The normalized spacial score (nSPS) is 19.7. The molecule has 6 heteroatoms. The predicted molar refractivity (Wildman–Crippen MR) is 124 cm³/mol. The molecule has 3 unspecified atom stereocenters. The number of rotatable bonds is 8. The van der Waals surface area contributed by atoms with Crippen molar-refractivity contribution in [3.8, 4) is 0 Å². The van der Waals surface area contributed by atoms with Gasteiger partial charge in [-0.05, 0) is 36.6 Å². The SMILES string of the molecule is Cc1ccc(S(=O)(=O)NC(C=O)C2COC(C(c3ccccc3)c3ccccc3)C2)cc1. The monoisotopic (exact) mass is 449 g/mol. The van der Waals surface area contributed by atoms with Crippen molar-refractivity contribution in [1.82, 2.24) is 4.72 Å². The molecule has 166 valence electrons. The largest absolute Gasteiger partial charge is 0.377 e. The number of aryl methyl sites for hydroxylation is 1. The van der Waals surface area contributed by atoms with Gasteiger partial charge in [0.25, 0.3) is 0 Å². The summed E-state index contributed by atoms with van der Waals surface area (Å²) >= 11 is 0. The maximum atomic E-state index is 12.8. The predicted octanol–water partition coefficient (Wildman–Crippen LogP) is 4.08. The highest BCUT2D eigenvalue weighted by atomic mass is 32.2. The summed E-state index contributed by atoms with van der Waals surface area (Å²) in [5, 5.41) is 0. The summed E-state index contributed by atoms with van der Waals surface area (Å²) in [7, 11) is -3.80. The zero-order valence-electron chi connectivity index (χ0n) is 17.9. The minimum absolute atomic E-state index is 0.00316. The number of benzene rings is 3. The molecule has 4 rings (SSSR count). The number of sulfonamides is 1. The Morgan fingerprint density at radius 3 is 2.00 bits per heavy atom. The van der Waals surface area contributed by atoms with Gasteiger partial charge in [0.05, 0.1) is 23.6 Å². The van der Waals surface area contributed by atoms with Gasteiger partial charge in [-0.3, -0.25) is 0 Å². The second kappa shape index (κ2) is 9.77. The van der Waals surface area contributed by atoms with Crippen LogP contribution in [0.4, 0.5) is 0 Å². The number of aldehydes is 1. The maximum absolute atomic E-state index is 12.8. The van der Waals surface area contributed by atoms with Crippen LogP contribution in [0.1, 0.15) is 29.0 Å². The molecular formula is C26H27NO4S. The average Bonchev–Trinajstić information content (AvgIpc) is 3.29. The highest BCUT2D eigenvalue weighted by Crippen LogP contribution is 2.37. The van der Waals surface area contributed by atoms with Crippen molar-refractivity contribution in [1.29, 1.82) is 0 Å². The van der Waals surface area contributed by atoms with Gasteiger partial charge in [0.15, 0.2) is 0 Å². The van der Waals surface area contributed by atoms with Crippen LogP contribution in [0, 0.1) is 12.8 Å². The lowest BCUT2D eigenvalue weighted by atomic mass is 9.83. The smallest absolute Gasteiger partial charge is 0.241 e. The summed E-state index contributed by atoms with van der Waals surface area (Å²) in [6, 6.07) is 26.0. The number of carbonyl (C=O) groups excluding carboxylic acids is 1. The van der Waals surface area contributed by atoms with Gasteiger partial charge in [-0.15, -0.1) is 0 Å². The molecule has 3 atom stereocenters. The standard InChI is InChI=1S/C26H27NO4S/c1-19-12-14-23(15-13-19)32(29,30)27-24(17-28)22-16-25(31-18-22)26(20-8-4-2-5-9-20)21-10-6-3-7-11-21/h2-15,17,22,24-27H,16,18H2,1H3. The minimum Gasteiger partial charge on any atom is -0.377 e. The van der Waals surface area contributed by atoms with E-state index in [0.717, 1.165) is 16.7 Å². The molecule has 1 aliphatic heterocycles. The second-order valence-corrected chi connectivity index (χ2v) is 9.98. The first kappa shape index (κ1) is 22.4. The Morgan fingerprint density at radius 2 is 1.47 bits per heavy atom. The minimum atomic E-state index is -3.80. The quantitative estimate of drug-likeness (QED) is 0.526. The molecule has 0 radical (unpaired) electrons. The van der Waals surface area contributed by atoms with Gasteiger partial charge in [0.1, 0.15) is 6.29 Å². The van der Waals surface area contributed by atoms with E-state index >= 15 is 0 Å². The van der Waals surface area contributed by atoms with Gasteiger partial charge >= 0.3 is 0 Å². The van der Waals surface area contributed by atoms with Crippen LogP contribution >= 0.6 is 0 Å². The van der Waals surface area contributed by atoms with Crippen molar-refractivity contribution in [2.45, 2.75) is 36.3 Å². The number of ether oxygens (including phenoxy) is 1. The maximum Gasteiger partial charge on any atom is 0.241 e. The van der Waals surface area contributed by atoms with Crippen LogP contribution in [0.3, 0.4) is 0 Å². The Labute approximate surface area is 189 Å². The fraction of sp³-hybridized carbons (Fsp3) is 0.269. The molecule has 1 saturated heterocycles. The Balaban J connectivity index is 1.54. The number of hydrogen-bond donors (Lipinski definition) is 1. The molecule has 32 heavy (non-hydrogen) atoms. The van der Waals surface area contributed by atoms with Crippen LogP contribution in [0.25, 0.3) is 0 Å². The second-order valence-electron chi connectivity index (χ2n) is 8.26. The molecule has 0 saturated carbocycles. The van der Waals surface area contributed by atoms with Crippen LogP contribution in [0.15, 0.2) is 89.8 Å². The molecule has 0 amide bonds. The lowest BCUT2D eigenvalue weighted by molar-refractivity contribution is -0.110. The molecule has 3 aromatic carbocycles. The lowest BCUT2D eigenvalue weighted by Crippen LogP contribution is -2.41. The third kappa shape index (κ3) is 4.99. The van der Waals surface area contributed by atoms with Crippen LogP contribution in [0.5, 0.6) is 0 Å². The third-order valence-corrected chi connectivity index (χ3v) is 7.50. The average molecular weight is 450 g/mol. The molecule has 0 bridgehead atoms. The topological polar surface area (TPSA) is 72.5 Å². The molecule has 5 nitrogen and oxygen atoms in total. The summed E-state index contributed by atoms with van der Waals surface area (Å²) in [6.45, 7) is 2.21. The molecule has 0 aromatic heterocycles. The summed E-state index contributed by atoms with van der Waals surface area (Å²) < 4.78 is 34.4. The van der Waals surface area contributed by atoms with Gasteiger partial charge in [-0.25, -0.2) is 13.1 Å². The first-order valence-corrected chi connectivity index (χ1v) is 12.2. The van der Waals surface area contributed by atoms with E-state index in [1.807, 2.05) is 43.3 Å². The van der Waals surface area contributed by atoms with Gasteiger partial charge in [0, 0.05) is 11.8 Å². The fourth-order valence-electron chi connectivity index (χ4n) is 4.31. The van der Waals surface area contributed by atoms with E-state index in [-0.39, 0.29) is 22.8 Å². The van der Waals surface area contributed by atoms with E-state index in [2.05, 4.69) is 29.0 Å². The van der Waals surface area contributed by atoms with Crippen molar-refractivity contribution in [3.63, 3.8) is 0 Å². The molecule has 3 aromatic rings. The Kier molecular flexibility index (Phi) is 6.84. The van der Waals surface area contributed by atoms with Gasteiger partial charge in [-0.1, -0.05) is 78.4 Å². The van der Waals surface area contributed by atoms with Gasteiger partial charge in [-0.2, -0.15) is 0 Å². The summed E-state index contributed by atoms with van der Waals surface area (Å²) in [6.07, 6.45) is 1.10. The Bertz CT molecular complexity index is 1090. The van der Waals surface area contributed by atoms with Crippen molar-refractivity contribution in [3.05, 3.63) is 102 Å². The van der Waals surface area contributed by atoms with Crippen LogP contribution in [0.2, 0.25) is 0 Å². The summed E-state index contributed by atoms with van der Waals surface area (Å²) in [5.41, 5.74) is 3.23. The molecule has 1 N–H and O–H groups in total. The molecule has 1 aliphatic rings.